The molecule has 4 atom stereocenters. The van der Waals surface area contributed by atoms with Gasteiger partial charge in [0.1, 0.15) is 16.7 Å². The van der Waals surface area contributed by atoms with Gasteiger partial charge in [0.25, 0.3) is 0 Å². The van der Waals surface area contributed by atoms with Crippen LogP contribution in [-0.4, -0.2) is 42.6 Å². The van der Waals surface area contributed by atoms with Gasteiger partial charge in [-0.05, 0) is 27.7 Å². The lowest BCUT2D eigenvalue weighted by atomic mass is 10.1. The van der Waals surface area contributed by atoms with Gasteiger partial charge in [0.15, 0.2) is 29.5 Å². The zero-order valence-corrected chi connectivity index (χ0v) is 13.3. The molecule has 0 aromatic carbocycles. The summed E-state index contributed by atoms with van der Waals surface area (Å²) in [6.45, 7) is 7.84. The molecule has 3 aliphatic rings. The Kier molecular flexibility index (Phi) is 3.52. The molecule has 0 aliphatic carbocycles. The summed E-state index contributed by atoms with van der Waals surface area (Å²) in [5.74, 6) is -0.932. The third-order valence-corrected chi connectivity index (χ3v) is 3.93. The molecular formula is C13H18Cl2O5. The molecule has 3 heterocycles. The van der Waals surface area contributed by atoms with Crippen molar-refractivity contribution in [1.29, 1.82) is 0 Å². The van der Waals surface area contributed by atoms with Crippen LogP contribution in [0.2, 0.25) is 0 Å². The van der Waals surface area contributed by atoms with Crippen LogP contribution in [0.25, 0.3) is 0 Å². The summed E-state index contributed by atoms with van der Waals surface area (Å²) in [5, 5.41) is 0. The Balaban J connectivity index is 1.85. The van der Waals surface area contributed by atoms with Crippen LogP contribution in [0.15, 0.2) is 10.3 Å². The highest BCUT2D eigenvalue weighted by atomic mass is 35.5. The molecule has 3 fully saturated rings. The van der Waals surface area contributed by atoms with Crippen LogP contribution in [-0.2, 0) is 23.7 Å². The van der Waals surface area contributed by atoms with E-state index in [1.54, 1.807) is 0 Å². The fraction of sp³-hybridized carbons (Fsp3) is 0.846. The standard InChI is InChI=1S/C13H18Cl2O5/c1-12(2)16-5-6(18-12)7-8-9(10(17-7)11(14)15)20-13(3,4)19-8/h6-9H,5H2,1-4H3/t6-,7?,8+,9+/m1/s1. The second kappa shape index (κ2) is 4.73. The second-order valence-corrected chi connectivity index (χ2v) is 7.04. The summed E-state index contributed by atoms with van der Waals surface area (Å²) in [5.41, 5.74) is 0. The van der Waals surface area contributed by atoms with Crippen LogP contribution in [0.4, 0.5) is 0 Å². The fourth-order valence-corrected chi connectivity index (χ4v) is 3.13. The van der Waals surface area contributed by atoms with Crippen LogP contribution in [0.5, 0.6) is 0 Å². The van der Waals surface area contributed by atoms with Gasteiger partial charge in [-0.15, -0.1) is 0 Å². The van der Waals surface area contributed by atoms with Crippen LogP contribution in [0, 0.1) is 0 Å². The first-order chi connectivity index (χ1) is 9.19. The van der Waals surface area contributed by atoms with Gasteiger partial charge in [0, 0.05) is 0 Å². The molecule has 7 heteroatoms. The van der Waals surface area contributed by atoms with E-state index in [1.807, 2.05) is 27.7 Å². The van der Waals surface area contributed by atoms with Crippen LogP contribution >= 0.6 is 23.2 Å². The number of ether oxygens (including phenoxy) is 5. The van der Waals surface area contributed by atoms with Gasteiger partial charge in [-0.1, -0.05) is 23.2 Å². The Labute approximate surface area is 128 Å². The van der Waals surface area contributed by atoms with Gasteiger partial charge < -0.3 is 23.7 Å². The third kappa shape index (κ3) is 2.56. The summed E-state index contributed by atoms with van der Waals surface area (Å²) in [4.78, 5) is 0. The van der Waals surface area contributed by atoms with E-state index in [2.05, 4.69) is 0 Å². The van der Waals surface area contributed by atoms with Gasteiger partial charge in [-0.3, -0.25) is 0 Å². The molecule has 0 aromatic heterocycles. The van der Waals surface area contributed by atoms with Gasteiger partial charge in [0.2, 0.25) is 0 Å². The molecule has 0 amide bonds. The van der Waals surface area contributed by atoms with Gasteiger partial charge in [0.05, 0.1) is 6.61 Å². The Morgan fingerprint density at radius 3 is 2.25 bits per heavy atom. The van der Waals surface area contributed by atoms with Crippen molar-refractivity contribution in [3.63, 3.8) is 0 Å². The topological polar surface area (TPSA) is 46.2 Å². The summed E-state index contributed by atoms with van der Waals surface area (Å²) in [6.07, 6.45) is -1.33. The monoisotopic (exact) mass is 324 g/mol. The van der Waals surface area contributed by atoms with Crippen molar-refractivity contribution in [2.24, 2.45) is 0 Å². The number of fused-ring (bicyclic) bond motifs is 1. The Hall–Kier alpha value is -0.0400. The number of halogens is 2. The Morgan fingerprint density at radius 2 is 1.70 bits per heavy atom. The third-order valence-electron chi connectivity index (χ3n) is 3.56. The van der Waals surface area contributed by atoms with E-state index in [0.717, 1.165) is 0 Å². The molecule has 114 valence electrons. The smallest absolute Gasteiger partial charge is 0.164 e. The van der Waals surface area contributed by atoms with Crippen molar-refractivity contribution in [2.45, 2.75) is 63.7 Å². The fourth-order valence-electron chi connectivity index (χ4n) is 2.83. The van der Waals surface area contributed by atoms with Crippen LogP contribution < -0.4 is 0 Å². The minimum absolute atomic E-state index is 0.0574. The largest absolute Gasteiger partial charge is 0.484 e. The minimum Gasteiger partial charge on any atom is -0.484 e. The average molecular weight is 325 g/mol. The second-order valence-electron chi connectivity index (χ2n) is 6.10. The minimum atomic E-state index is -0.708. The molecule has 0 spiro atoms. The van der Waals surface area contributed by atoms with Crippen molar-refractivity contribution in [1.82, 2.24) is 0 Å². The van der Waals surface area contributed by atoms with Crippen molar-refractivity contribution in [3.05, 3.63) is 10.3 Å². The Morgan fingerprint density at radius 1 is 1.00 bits per heavy atom. The zero-order chi connectivity index (χ0) is 14.7. The maximum atomic E-state index is 5.91. The van der Waals surface area contributed by atoms with E-state index in [4.69, 9.17) is 46.9 Å². The highest BCUT2D eigenvalue weighted by Gasteiger charge is 2.58. The lowest BCUT2D eigenvalue weighted by Crippen LogP contribution is -2.40. The Bertz CT molecular complexity index is 444. The average Bonchev–Trinajstić information content (AvgIpc) is 2.88. The molecule has 0 bridgehead atoms. The molecule has 0 N–H and O–H groups in total. The molecule has 3 aliphatic heterocycles. The van der Waals surface area contributed by atoms with Crippen LogP contribution in [0.3, 0.4) is 0 Å². The first-order valence-corrected chi connectivity index (χ1v) is 7.33. The van der Waals surface area contributed by atoms with E-state index in [1.165, 1.54) is 0 Å². The molecule has 0 saturated carbocycles. The first kappa shape index (κ1) is 14.9. The molecule has 0 aromatic rings. The van der Waals surface area contributed by atoms with Crippen molar-refractivity contribution in [3.8, 4) is 0 Å². The van der Waals surface area contributed by atoms with E-state index >= 15 is 0 Å². The molecule has 3 saturated heterocycles. The first-order valence-electron chi connectivity index (χ1n) is 6.58. The van der Waals surface area contributed by atoms with E-state index in [0.29, 0.717) is 12.4 Å². The molecular weight excluding hydrogens is 307 g/mol. The van der Waals surface area contributed by atoms with E-state index in [-0.39, 0.29) is 22.8 Å². The van der Waals surface area contributed by atoms with Crippen molar-refractivity contribution < 1.29 is 23.7 Å². The number of hydrogen-bond donors (Lipinski definition) is 0. The number of rotatable bonds is 1. The lowest BCUT2D eigenvalue weighted by Gasteiger charge is -2.26. The predicted octanol–water partition coefficient (Wildman–Crippen LogP) is 2.70. The van der Waals surface area contributed by atoms with Crippen LogP contribution in [0.1, 0.15) is 27.7 Å². The summed E-state index contributed by atoms with van der Waals surface area (Å²) < 4.78 is 29.0. The van der Waals surface area contributed by atoms with E-state index in [9.17, 15) is 0 Å². The van der Waals surface area contributed by atoms with Gasteiger partial charge in [-0.2, -0.15) is 0 Å². The SMILES string of the molecule is CC1(C)OC[C@H](C2OC(=C(Cl)Cl)[C@H]3OC(C)(C)O[C@@H]23)O1. The van der Waals surface area contributed by atoms with Crippen molar-refractivity contribution in [2.75, 3.05) is 6.61 Å². The molecule has 1 unspecified atom stereocenters. The summed E-state index contributed by atoms with van der Waals surface area (Å²) in [6, 6.07) is 0. The van der Waals surface area contributed by atoms with Gasteiger partial charge >= 0.3 is 0 Å². The lowest BCUT2D eigenvalue weighted by molar-refractivity contribution is -0.187. The molecule has 3 rings (SSSR count). The zero-order valence-electron chi connectivity index (χ0n) is 11.8. The predicted molar refractivity (Wildman–Crippen MR) is 72.3 cm³/mol. The van der Waals surface area contributed by atoms with Gasteiger partial charge in [-0.25, -0.2) is 0 Å². The quantitative estimate of drug-likeness (QED) is 0.742. The van der Waals surface area contributed by atoms with Crippen molar-refractivity contribution >= 4 is 23.2 Å². The maximum Gasteiger partial charge on any atom is 0.164 e. The highest BCUT2D eigenvalue weighted by Crippen LogP contribution is 2.45. The summed E-state index contributed by atoms with van der Waals surface area (Å²) in [7, 11) is 0. The normalized spacial score (nSPS) is 41.6. The molecule has 0 radical (unpaired) electrons. The number of hydrogen-bond acceptors (Lipinski definition) is 5. The summed E-state index contributed by atoms with van der Waals surface area (Å²) >= 11 is 11.8. The van der Waals surface area contributed by atoms with E-state index < -0.39 is 17.7 Å². The molecule has 20 heavy (non-hydrogen) atoms. The maximum absolute atomic E-state index is 5.91. The molecule has 5 nitrogen and oxygen atoms in total. The highest BCUT2D eigenvalue weighted by molar-refractivity contribution is 6.56.